The van der Waals surface area contributed by atoms with E-state index >= 15 is 0 Å². The van der Waals surface area contributed by atoms with E-state index in [-0.39, 0.29) is 24.3 Å². The second kappa shape index (κ2) is 7.65. The van der Waals surface area contributed by atoms with E-state index in [2.05, 4.69) is 20.7 Å². The summed E-state index contributed by atoms with van der Waals surface area (Å²) in [7, 11) is 0. The zero-order valence-electron chi connectivity index (χ0n) is 16.3. The number of amides is 4. The van der Waals surface area contributed by atoms with Crippen molar-refractivity contribution in [1.82, 2.24) is 25.0 Å². The highest BCUT2D eigenvalue weighted by Crippen LogP contribution is 2.38. The van der Waals surface area contributed by atoms with E-state index in [9.17, 15) is 14.4 Å². The molecular formula is C20H24N6O3. The number of anilines is 1. The normalized spacial score (nSPS) is 24.0. The van der Waals surface area contributed by atoms with Gasteiger partial charge >= 0.3 is 6.03 Å². The van der Waals surface area contributed by atoms with Crippen molar-refractivity contribution >= 4 is 23.8 Å². The standard InChI is InChI=1S/C20H24N6O3/c1-14-7-5-6-10-20(14)17(28)26(19(29)23-20)12-16(27)22-18-21-13-25(24-18)11-15-8-3-2-4-9-15/h2-4,8-9,13-14H,5-7,10-12H2,1H3,(H,23,29)(H,22,24,27)/t14-,20+/m0/s1. The smallest absolute Gasteiger partial charge is 0.323 e. The van der Waals surface area contributed by atoms with Crippen molar-refractivity contribution in [3.05, 3.63) is 42.2 Å². The van der Waals surface area contributed by atoms with Crippen molar-refractivity contribution in [2.24, 2.45) is 5.92 Å². The highest BCUT2D eigenvalue weighted by Gasteiger charge is 2.55. The van der Waals surface area contributed by atoms with Crippen LogP contribution in [0.5, 0.6) is 0 Å². The van der Waals surface area contributed by atoms with E-state index in [1.54, 1.807) is 4.68 Å². The number of imide groups is 1. The second-order valence-corrected chi connectivity index (χ2v) is 7.74. The summed E-state index contributed by atoms with van der Waals surface area (Å²) in [4.78, 5) is 42.8. The van der Waals surface area contributed by atoms with E-state index < -0.39 is 17.5 Å². The van der Waals surface area contributed by atoms with Crippen LogP contribution in [0.25, 0.3) is 0 Å². The average molecular weight is 396 g/mol. The molecular weight excluding hydrogens is 372 g/mol. The summed E-state index contributed by atoms with van der Waals surface area (Å²) in [6.45, 7) is 2.15. The zero-order valence-corrected chi connectivity index (χ0v) is 16.3. The number of aromatic nitrogens is 3. The molecule has 1 saturated heterocycles. The van der Waals surface area contributed by atoms with Gasteiger partial charge in [0, 0.05) is 0 Å². The number of nitrogens with one attached hydrogen (secondary N) is 2. The Kier molecular flexibility index (Phi) is 5.04. The van der Waals surface area contributed by atoms with Crippen LogP contribution in [0.2, 0.25) is 0 Å². The minimum atomic E-state index is -0.870. The summed E-state index contributed by atoms with van der Waals surface area (Å²) in [5.41, 5.74) is 0.187. The molecule has 4 amide bonds. The monoisotopic (exact) mass is 396 g/mol. The third-order valence-electron chi connectivity index (χ3n) is 5.78. The predicted molar refractivity (Wildman–Crippen MR) is 105 cm³/mol. The van der Waals surface area contributed by atoms with E-state index in [1.165, 1.54) is 6.33 Å². The number of rotatable bonds is 5. The topological polar surface area (TPSA) is 109 Å². The molecule has 2 aromatic rings. The number of carbonyl (C=O) groups is 3. The Morgan fingerprint density at radius 3 is 2.83 bits per heavy atom. The minimum Gasteiger partial charge on any atom is -0.323 e. The van der Waals surface area contributed by atoms with Crippen LogP contribution in [0, 0.1) is 5.92 Å². The molecule has 2 N–H and O–H groups in total. The SMILES string of the molecule is C[C@H]1CCCC[C@@]12NC(=O)N(CC(=O)Nc1ncn(Cc3ccccc3)n1)C2=O. The minimum absolute atomic E-state index is 0.0520. The van der Waals surface area contributed by atoms with E-state index in [4.69, 9.17) is 0 Å². The number of nitrogens with zero attached hydrogens (tertiary/aromatic N) is 4. The third kappa shape index (κ3) is 3.72. The molecule has 1 spiro atoms. The summed E-state index contributed by atoms with van der Waals surface area (Å²) in [5, 5.41) is 9.63. The zero-order chi connectivity index (χ0) is 20.4. The molecule has 2 aliphatic rings. The van der Waals surface area contributed by atoms with Gasteiger partial charge in [0.15, 0.2) is 0 Å². The average Bonchev–Trinajstić information content (AvgIpc) is 3.23. The van der Waals surface area contributed by atoms with Crippen LogP contribution in [-0.4, -0.2) is 49.6 Å². The number of urea groups is 1. The van der Waals surface area contributed by atoms with Gasteiger partial charge in [-0.2, -0.15) is 0 Å². The van der Waals surface area contributed by atoms with Crippen LogP contribution in [0.1, 0.15) is 38.2 Å². The molecule has 152 valence electrons. The van der Waals surface area contributed by atoms with Gasteiger partial charge in [0.2, 0.25) is 11.9 Å². The predicted octanol–water partition coefficient (Wildman–Crippen LogP) is 1.77. The maximum absolute atomic E-state index is 12.9. The molecule has 1 aliphatic heterocycles. The Morgan fingerprint density at radius 1 is 1.28 bits per heavy atom. The van der Waals surface area contributed by atoms with Crippen LogP contribution >= 0.6 is 0 Å². The molecule has 0 bridgehead atoms. The number of hydrogen-bond acceptors (Lipinski definition) is 5. The highest BCUT2D eigenvalue weighted by atomic mass is 16.2. The molecule has 2 fully saturated rings. The maximum Gasteiger partial charge on any atom is 0.325 e. The van der Waals surface area contributed by atoms with E-state index in [0.717, 1.165) is 29.7 Å². The van der Waals surface area contributed by atoms with Gasteiger partial charge in [0.1, 0.15) is 18.4 Å². The fourth-order valence-corrected chi connectivity index (χ4v) is 4.15. The Hall–Kier alpha value is -3.23. The number of benzene rings is 1. The number of carbonyl (C=O) groups excluding carboxylic acids is 3. The van der Waals surface area contributed by atoms with Crippen LogP contribution in [-0.2, 0) is 16.1 Å². The molecule has 2 heterocycles. The summed E-state index contributed by atoms with van der Waals surface area (Å²) in [5.74, 6) is -0.631. The van der Waals surface area contributed by atoms with Crippen LogP contribution in [0.15, 0.2) is 36.7 Å². The first-order chi connectivity index (χ1) is 14.0. The van der Waals surface area contributed by atoms with Crippen molar-refractivity contribution < 1.29 is 14.4 Å². The lowest BCUT2D eigenvalue weighted by molar-refractivity contribution is -0.136. The van der Waals surface area contributed by atoms with Gasteiger partial charge in [0.25, 0.3) is 5.91 Å². The van der Waals surface area contributed by atoms with Gasteiger partial charge in [-0.15, -0.1) is 5.10 Å². The quantitative estimate of drug-likeness (QED) is 0.749. The largest absolute Gasteiger partial charge is 0.325 e. The molecule has 0 radical (unpaired) electrons. The first-order valence-corrected chi connectivity index (χ1v) is 9.85. The molecule has 1 aromatic heterocycles. The number of hydrogen-bond donors (Lipinski definition) is 2. The van der Waals surface area contributed by atoms with Crippen molar-refractivity contribution in [2.45, 2.75) is 44.7 Å². The van der Waals surface area contributed by atoms with Gasteiger partial charge in [-0.25, -0.2) is 14.5 Å². The van der Waals surface area contributed by atoms with Crippen molar-refractivity contribution in [2.75, 3.05) is 11.9 Å². The van der Waals surface area contributed by atoms with Gasteiger partial charge in [0.05, 0.1) is 6.54 Å². The molecule has 4 rings (SSSR count). The van der Waals surface area contributed by atoms with E-state index in [0.29, 0.717) is 13.0 Å². The Balaban J connectivity index is 1.37. The first-order valence-electron chi connectivity index (χ1n) is 9.85. The Labute approximate surface area is 168 Å². The summed E-state index contributed by atoms with van der Waals surface area (Å²) in [6.07, 6.45) is 4.95. The maximum atomic E-state index is 12.9. The van der Waals surface area contributed by atoms with Gasteiger partial charge in [-0.1, -0.05) is 50.1 Å². The first kappa shape index (κ1) is 19.1. The van der Waals surface area contributed by atoms with Crippen LogP contribution in [0.4, 0.5) is 10.7 Å². The molecule has 9 heteroatoms. The van der Waals surface area contributed by atoms with Gasteiger partial charge in [-0.3, -0.25) is 19.8 Å². The van der Waals surface area contributed by atoms with Crippen molar-refractivity contribution in [3.8, 4) is 0 Å². The van der Waals surface area contributed by atoms with Gasteiger partial charge < -0.3 is 5.32 Å². The molecule has 1 aliphatic carbocycles. The second-order valence-electron chi connectivity index (χ2n) is 7.74. The lowest BCUT2D eigenvalue weighted by Crippen LogP contribution is -2.54. The molecule has 0 unspecified atom stereocenters. The fraction of sp³-hybridized carbons (Fsp3) is 0.450. The lowest BCUT2D eigenvalue weighted by Gasteiger charge is -2.36. The van der Waals surface area contributed by atoms with Crippen LogP contribution in [0.3, 0.4) is 0 Å². The highest BCUT2D eigenvalue weighted by molar-refractivity contribution is 6.10. The van der Waals surface area contributed by atoms with E-state index in [1.807, 2.05) is 37.3 Å². The summed E-state index contributed by atoms with van der Waals surface area (Å²) >= 11 is 0. The molecule has 29 heavy (non-hydrogen) atoms. The molecule has 2 atom stereocenters. The summed E-state index contributed by atoms with van der Waals surface area (Å²) in [6, 6.07) is 9.24. The van der Waals surface area contributed by atoms with Crippen molar-refractivity contribution in [3.63, 3.8) is 0 Å². The van der Waals surface area contributed by atoms with Crippen molar-refractivity contribution in [1.29, 1.82) is 0 Å². The molecule has 1 saturated carbocycles. The molecule has 9 nitrogen and oxygen atoms in total. The Bertz CT molecular complexity index is 927. The summed E-state index contributed by atoms with van der Waals surface area (Å²) < 4.78 is 1.61. The van der Waals surface area contributed by atoms with Gasteiger partial charge in [-0.05, 0) is 24.3 Å². The lowest BCUT2D eigenvalue weighted by atomic mass is 9.73. The molecule has 1 aromatic carbocycles. The Morgan fingerprint density at radius 2 is 2.07 bits per heavy atom. The third-order valence-corrected chi connectivity index (χ3v) is 5.78. The van der Waals surface area contributed by atoms with Crippen LogP contribution < -0.4 is 10.6 Å². The fourth-order valence-electron chi connectivity index (χ4n) is 4.15.